The van der Waals surface area contributed by atoms with E-state index >= 15 is 0 Å². The van der Waals surface area contributed by atoms with Crippen LogP contribution in [-0.4, -0.2) is 32.1 Å². The minimum absolute atomic E-state index is 0.339. The molecule has 0 radical (unpaired) electrons. The highest BCUT2D eigenvalue weighted by atomic mass is 16.4. The summed E-state index contributed by atoms with van der Waals surface area (Å²) in [5.74, 6) is 0. The topological polar surface area (TPSA) is 79.1 Å². The smallest absolute Gasteiger partial charge is 0.423 e. The predicted octanol–water partition coefficient (Wildman–Crippen LogP) is -0.782. The molecule has 2 aromatic heterocycles. The standard InChI is InChI=1S/C9H8BN3O2/c14-10(15)8-3-7(4-12-5-8)9-1-2-11-6-13-9/h1-6,14-15H. The molecule has 0 bridgehead atoms. The van der Waals surface area contributed by atoms with Crippen molar-refractivity contribution in [1.82, 2.24) is 15.0 Å². The highest BCUT2D eigenvalue weighted by Crippen LogP contribution is 2.11. The Kier molecular flexibility index (Phi) is 2.71. The van der Waals surface area contributed by atoms with Crippen LogP contribution in [0, 0.1) is 0 Å². The highest BCUT2D eigenvalue weighted by Gasteiger charge is 2.12. The maximum atomic E-state index is 8.98. The van der Waals surface area contributed by atoms with E-state index in [9.17, 15) is 0 Å². The fraction of sp³-hybridized carbons (Fsp3) is 0. The largest absolute Gasteiger partial charge is 0.490 e. The Hall–Kier alpha value is -1.79. The first-order valence-electron chi connectivity index (χ1n) is 4.35. The molecule has 0 aliphatic rings. The van der Waals surface area contributed by atoms with E-state index in [1.807, 2.05) is 0 Å². The van der Waals surface area contributed by atoms with Crippen LogP contribution in [0.4, 0.5) is 0 Å². The molecule has 2 heterocycles. The fourth-order valence-corrected chi connectivity index (χ4v) is 1.20. The molecule has 2 rings (SSSR count). The summed E-state index contributed by atoms with van der Waals surface area (Å²) in [6.45, 7) is 0. The maximum absolute atomic E-state index is 8.98. The zero-order valence-electron chi connectivity index (χ0n) is 7.78. The highest BCUT2D eigenvalue weighted by molar-refractivity contribution is 6.58. The third kappa shape index (κ3) is 2.17. The number of hydrogen-bond donors (Lipinski definition) is 2. The second kappa shape index (κ2) is 4.16. The van der Waals surface area contributed by atoms with Crippen molar-refractivity contribution < 1.29 is 10.0 Å². The van der Waals surface area contributed by atoms with Gasteiger partial charge in [-0.15, -0.1) is 0 Å². The molecule has 0 atom stereocenters. The summed E-state index contributed by atoms with van der Waals surface area (Å²) in [6, 6.07) is 3.35. The van der Waals surface area contributed by atoms with Crippen LogP contribution < -0.4 is 5.46 Å². The average molecular weight is 201 g/mol. The Balaban J connectivity index is 2.42. The molecule has 15 heavy (non-hydrogen) atoms. The number of hydrogen-bond acceptors (Lipinski definition) is 5. The Morgan fingerprint density at radius 1 is 1.13 bits per heavy atom. The molecule has 5 nitrogen and oxygen atoms in total. The van der Waals surface area contributed by atoms with E-state index in [2.05, 4.69) is 15.0 Å². The molecule has 2 aromatic rings. The lowest BCUT2D eigenvalue weighted by molar-refractivity contribution is 0.425. The van der Waals surface area contributed by atoms with E-state index in [0.717, 1.165) is 5.56 Å². The molecular formula is C9H8BN3O2. The lowest BCUT2D eigenvalue weighted by Gasteiger charge is -2.02. The van der Waals surface area contributed by atoms with Gasteiger partial charge in [0, 0.05) is 29.6 Å². The van der Waals surface area contributed by atoms with E-state index in [0.29, 0.717) is 11.2 Å². The summed E-state index contributed by atoms with van der Waals surface area (Å²) in [4.78, 5) is 11.7. The quantitative estimate of drug-likeness (QED) is 0.623. The Morgan fingerprint density at radius 3 is 2.67 bits per heavy atom. The summed E-state index contributed by atoms with van der Waals surface area (Å²) in [5.41, 5.74) is 1.76. The molecule has 0 unspecified atom stereocenters. The molecule has 6 heteroatoms. The number of aromatic nitrogens is 3. The first kappa shape index (κ1) is 9.76. The normalized spacial score (nSPS) is 10.0. The summed E-state index contributed by atoms with van der Waals surface area (Å²) >= 11 is 0. The van der Waals surface area contributed by atoms with Crippen LogP contribution in [0.25, 0.3) is 11.3 Å². The van der Waals surface area contributed by atoms with Crippen LogP contribution in [0.2, 0.25) is 0 Å². The predicted molar refractivity (Wildman–Crippen MR) is 55.1 cm³/mol. The van der Waals surface area contributed by atoms with Crippen molar-refractivity contribution in [3.05, 3.63) is 37.1 Å². The molecule has 0 saturated heterocycles. The maximum Gasteiger partial charge on any atom is 0.490 e. The van der Waals surface area contributed by atoms with Gasteiger partial charge in [0.15, 0.2) is 0 Å². The van der Waals surface area contributed by atoms with Crippen LogP contribution in [0.1, 0.15) is 0 Å². The first-order chi connectivity index (χ1) is 7.27. The summed E-state index contributed by atoms with van der Waals surface area (Å²) in [7, 11) is -1.51. The van der Waals surface area contributed by atoms with Gasteiger partial charge >= 0.3 is 7.12 Å². The van der Waals surface area contributed by atoms with Crippen LogP contribution >= 0.6 is 0 Å². The zero-order valence-corrected chi connectivity index (χ0v) is 7.78. The summed E-state index contributed by atoms with van der Waals surface area (Å²) in [5, 5.41) is 18.0. The van der Waals surface area contributed by atoms with E-state index in [4.69, 9.17) is 10.0 Å². The van der Waals surface area contributed by atoms with Gasteiger partial charge < -0.3 is 10.0 Å². The van der Waals surface area contributed by atoms with Gasteiger partial charge in [-0.3, -0.25) is 4.98 Å². The molecule has 0 fully saturated rings. The lowest BCUT2D eigenvalue weighted by atomic mass is 9.81. The SMILES string of the molecule is OB(O)c1cncc(-c2ccncn2)c1. The Labute approximate surface area is 86.6 Å². The number of rotatable bonds is 2. The van der Waals surface area contributed by atoms with Gasteiger partial charge in [0.1, 0.15) is 6.33 Å². The van der Waals surface area contributed by atoms with Gasteiger partial charge in [-0.1, -0.05) is 0 Å². The first-order valence-corrected chi connectivity index (χ1v) is 4.35. The molecule has 0 saturated carbocycles. The van der Waals surface area contributed by atoms with Crippen LogP contribution in [-0.2, 0) is 0 Å². The van der Waals surface area contributed by atoms with E-state index in [1.165, 1.54) is 12.5 Å². The van der Waals surface area contributed by atoms with Crippen molar-refractivity contribution in [2.45, 2.75) is 0 Å². The molecule has 0 aliphatic heterocycles. The number of pyridine rings is 1. The molecule has 0 spiro atoms. The second-order valence-electron chi connectivity index (χ2n) is 2.98. The molecule has 0 aliphatic carbocycles. The zero-order chi connectivity index (χ0) is 10.7. The second-order valence-corrected chi connectivity index (χ2v) is 2.98. The van der Waals surface area contributed by atoms with Crippen molar-refractivity contribution >= 4 is 12.6 Å². The van der Waals surface area contributed by atoms with Gasteiger partial charge in [0.05, 0.1) is 5.69 Å². The average Bonchev–Trinajstić information content (AvgIpc) is 2.30. The van der Waals surface area contributed by atoms with Gasteiger partial charge in [0.25, 0.3) is 0 Å². The summed E-state index contributed by atoms with van der Waals surface area (Å²) < 4.78 is 0. The van der Waals surface area contributed by atoms with E-state index in [1.54, 1.807) is 24.5 Å². The van der Waals surface area contributed by atoms with Crippen molar-refractivity contribution in [1.29, 1.82) is 0 Å². The Morgan fingerprint density at radius 2 is 2.00 bits per heavy atom. The van der Waals surface area contributed by atoms with Gasteiger partial charge in [-0.2, -0.15) is 0 Å². The van der Waals surface area contributed by atoms with Crippen molar-refractivity contribution in [3.8, 4) is 11.3 Å². The molecule has 0 aromatic carbocycles. The number of nitrogens with zero attached hydrogens (tertiary/aromatic N) is 3. The van der Waals surface area contributed by atoms with Gasteiger partial charge in [-0.25, -0.2) is 9.97 Å². The minimum atomic E-state index is -1.51. The minimum Gasteiger partial charge on any atom is -0.423 e. The summed E-state index contributed by atoms with van der Waals surface area (Å²) in [6.07, 6.45) is 6.05. The monoisotopic (exact) mass is 201 g/mol. The van der Waals surface area contributed by atoms with Crippen LogP contribution in [0.5, 0.6) is 0 Å². The third-order valence-corrected chi connectivity index (χ3v) is 1.94. The van der Waals surface area contributed by atoms with Crippen LogP contribution in [0.3, 0.4) is 0 Å². The molecular weight excluding hydrogens is 193 g/mol. The van der Waals surface area contributed by atoms with Crippen molar-refractivity contribution in [2.24, 2.45) is 0 Å². The lowest BCUT2D eigenvalue weighted by Crippen LogP contribution is -2.30. The van der Waals surface area contributed by atoms with Gasteiger partial charge in [0.2, 0.25) is 0 Å². The van der Waals surface area contributed by atoms with Crippen LogP contribution in [0.15, 0.2) is 37.1 Å². The molecule has 2 N–H and O–H groups in total. The Bertz CT molecular complexity index is 450. The van der Waals surface area contributed by atoms with Crippen molar-refractivity contribution in [3.63, 3.8) is 0 Å². The molecule has 74 valence electrons. The van der Waals surface area contributed by atoms with Crippen molar-refractivity contribution in [2.75, 3.05) is 0 Å². The fourth-order valence-electron chi connectivity index (χ4n) is 1.20. The van der Waals surface area contributed by atoms with E-state index in [-0.39, 0.29) is 0 Å². The van der Waals surface area contributed by atoms with Gasteiger partial charge in [-0.05, 0) is 12.1 Å². The third-order valence-electron chi connectivity index (χ3n) is 1.94. The van der Waals surface area contributed by atoms with E-state index < -0.39 is 7.12 Å². The molecule has 0 amide bonds.